The van der Waals surface area contributed by atoms with E-state index in [9.17, 15) is 4.79 Å². The fourth-order valence-corrected chi connectivity index (χ4v) is 4.00. The van der Waals surface area contributed by atoms with Crippen LogP contribution < -0.4 is 10.2 Å². The second kappa shape index (κ2) is 11.1. The van der Waals surface area contributed by atoms with Crippen molar-refractivity contribution in [3.8, 4) is 11.1 Å². The van der Waals surface area contributed by atoms with Gasteiger partial charge in [0.25, 0.3) is 0 Å². The molecule has 162 valence electrons. The SMILES string of the molecule is CCN(CC)CCCNC(=O)C1CCN(c2ncc(-c3cccc(C)c3)cn2)CC1. The van der Waals surface area contributed by atoms with E-state index in [1.807, 2.05) is 12.4 Å². The van der Waals surface area contributed by atoms with Crippen molar-refractivity contribution in [3.63, 3.8) is 0 Å². The van der Waals surface area contributed by atoms with Crippen LogP contribution in [0, 0.1) is 12.8 Å². The second-order valence-corrected chi connectivity index (χ2v) is 8.07. The quantitative estimate of drug-likeness (QED) is 0.642. The first kappa shape index (κ1) is 22.2. The molecule has 1 aliphatic rings. The van der Waals surface area contributed by atoms with Crippen molar-refractivity contribution in [2.75, 3.05) is 44.2 Å². The molecule has 1 N–H and O–H groups in total. The van der Waals surface area contributed by atoms with Gasteiger partial charge in [0.1, 0.15) is 0 Å². The minimum absolute atomic E-state index is 0.0984. The Morgan fingerprint density at radius 3 is 2.47 bits per heavy atom. The van der Waals surface area contributed by atoms with Crippen molar-refractivity contribution in [3.05, 3.63) is 42.2 Å². The van der Waals surface area contributed by atoms with Crippen molar-refractivity contribution in [2.45, 2.75) is 40.0 Å². The number of piperidine rings is 1. The zero-order chi connectivity index (χ0) is 21.3. The third kappa shape index (κ3) is 6.02. The summed E-state index contributed by atoms with van der Waals surface area (Å²) in [5.41, 5.74) is 3.39. The highest BCUT2D eigenvalue weighted by Gasteiger charge is 2.25. The van der Waals surface area contributed by atoms with E-state index in [1.54, 1.807) is 0 Å². The molecule has 0 radical (unpaired) electrons. The maximum Gasteiger partial charge on any atom is 0.225 e. The minimum Gasteiger partial charge on any atom is -0.356 e. The summed E-state index contributed by atoms with van der Waals surface area (Å²) in [4.78, 5) is 26.2. The molecule has 0 saturated carbocycles. The van der Waals surface area contributed by atoms with Gasteiger partial charge in [0, 0.05) is 43.5 Å². The largest absolute Gasteiger partial charge is 0.356 e. The van der Waals surface area contributed by atoms with Crippen LogP contribution in [-0.2, 0) is 4.79 Å². The molecular formula is C24H35N5O. The summed E-state index contributed by atoms with van der Waals surface area (Å²) >= 11 is 0. The molecule has 0 spiro atoms. The van der Waals surface area contributed by atoms with Crippen LogP contribution in [0.2, 0.25) is 0 Å². The summed E-state index contributed by atoms with van der Waals surface area (Å²) in [5, 5.41) is 3.13. The van der Waals surface area contributed by atoms with Crippen molar-refractivity contribution in [1.29, 1.82) is 0 Å². The van der Waals surface area contributed by atoms with Crippen molar-refractivity contribution in [1.82, 2.24) is 20.2 Å². The van der Waals surface area contributed by atoms with Crippen molar-refractivity contribution in [2.24, 2.45) is 5.92 Å². The molecular weight excluding hydrogens is 374 g/mol. The molecule has 6 heteroatoms. The maximum absolute atomic E-state index is 12.5. The molecule has 0 atom stereocenters. The lowest BCUT2D eigenvalue weighted by Gasteiger charge is -2.31. The fraction of sp³-hybridized carbons (Fsp3) is 0.542. The van der Waals surface area contributed by atoms with Gasteiger partial charge in [0.05, 0.1) is 0 Å². The van der Waals surface area contributed by atoms with Crippen LogP contribution in [0.15, 0.2) is 36.7 Å². The van der Waals surface area contributed by atoms with Crippen LogP contribution >= 0.6 is 0 Å². The molecule has 1 aromatic heterocycles. The summed E-state index contributed by atoms with van der Waals surface area (Å²) < 4.78 is 0. The number of benzene rings is 1. The van der Waals surface area contributed by atoms with Crippen LogP contribution in [0.4, 0.5) is 5.95 Å². The van der Waals surface area contributed by atoms with Gasteiger partial charge in [-0.3, -0.25) is 4.79 Å². The average Bonchev–Trinajstić information content (AvgIpc) is 2.79. The van der Waals surface area contributed by atoms with Gasteiger partial charge < -0.3 is 15.1 Å². The number of carbonyl (C=O) groups is 1. The third-order valence-corrected chi connectivity index (χ3v) is 5.98. The maximum atomic E-state index is 12.5. The van der Waals surface area contributed by atoms with E-state index in [4.69, 9.17) is 0 Å². The lowest BCUT2D eigenvalue weighted by molar-refractivity contribution is -0.125. The highest BCUT2D eigenvalue weighted by Crippen LogP contribution is 2.23. The molecule has 1 aliphatic heterocycles. The van der Waals surface area contributed by atoms with E-state index in [0.29, 0.717) is 0 Å². The average molecular weight is 410 g/mol. The number of carbonyl (C=O) groups excluding carboxylic acids is 1. The first-order chi connectivity index (χ1) is 14.6. The van der Waals surface area contributed by atoms with Gasteiger partial charge in [-0.15, -0.1) is 0 Å². The van der Waals surface area contributed by atoms with Gasteiger partial charge in [0.2, 0.25) is 11.9 Å². The normalized spacial score (nSPS) is 14.9. The standard InChI is InChI=1S/C24H35N5O/c1-4-28(5-2)13-7-12-25-23(30)20-10-14-29(15-11-20)24-26-17-22(18-27-24)21-9-6-8-19(3)16-21/h6,8-9,16-18,20H,4-5,7,10-15H2,1-3H3,(H,25,30). The molecule has 2 aromatic rings. The Balaban J connectivity index is 1.44. The topological polar surface area (TPSA) is 61.4 Å². The zero-order valence-corrected chi connectivity index (χ0v) is 18.6. The van der Waals surface area contributed by atoms with Gasteiger partial charge >= 0.3 is 0 Å². The van der Waals surface area contributed by atoms with Gasteiger partial charge in [-0.25, -0.2) is 9.97 Å². The summed E-state index contributed by atoms with van der Waals surface area (Å²) in [5.74, 6) is 1.05. The Bertz CT molecular complexity index is 795. The Labute approximate surface area is 180 Å². The Morgan fingerprint density at radius 2 is 1.83 bits per heavy atom. The Morgan fingerprint density at radius 1 is 1.13 bits per heavy atom. The second-order valence-electron chi connectivity index (χ2n) is 8.07. The van der Waals surface area contributed by atoms with E-state index in [-0.39, 0.29) is 11.8 Å². The van der Waals surface area contributed by atoms with E-state index < -0.39 is 0 Å². The summed E-state index contributed by atoms with van der Waals surface area (Å²) in [7, 11) is 0. The monoisotopic (exact) mass is 409 g/mol. The van der Waals surface area contributed by atoms with Crippen LogP contribution in [0.1, 0.15) is 38.7 Å². The number of hydrogen-bond acceptors (Lipinski definition) is 5. The highest BCUT2D eigenvalue weighted by molar-refractivity contribution is 5.78. The number of anilines is 1. The van der Waals surface area contributed by atoms with Crippen LogP contribution in [-0.4, -0.2) is 60.0 Å². The molecule has 0 unspecified atom stereocenters. The molecule has 30 heavy (non-hydrogen) atoms. The van der Waals surface area contributed by atoms with Crippen LogP contribution in [0.3, 0.4) is 0 Å². The zero-order valence-electron chi connectivity index (χ0n) is 18.6. The Hall–Kier alpha value is -2.47. The predicted octanol–water partition coefficient (Wildman–Crippen LogP) is 3.52. The molecule has 2 heterocycles. The van der Waals surface area contributed by atoms with Gasteiger partial charge in [-0.1, -0.05) is 43.7 Å². The van der Waals surface area contributed by atoms with Gasteiger partial charge in [-0.05, 0) is 51.4 Å². The van der Waals surface area contributed by atoms with Gasteiger partial charge in [-0.2, -0.15) is 0 Å². The molecule has 1 fully saturated rings. The van der Waals surface area contributed by atoms with Crippen molar-refractivity contribution < 1.29 is 4.79 Å². The van der Waals surface area contributed by atoms with Crippen LogP contribution in [0.5, 0.6) is 0 Å². The molecule has 0 aliphatic carbocycles. The third-order valence-electron chi connectivity index (χ3n) is 5.98. The minimum atomic E-state index is 0.0984. The Kier molecular flexibility index (Phi) is 8.20. The van der Waals surface area contributed by atoms with Crippen LogP contribution in [0.25, 0.3) is 11.1 Å². The molecule has 3 rings (SSSR count). The number of nitrogens with zero attached hydrogens (tertiary/aromatic N) is 4. The van der Waals surface area contributed by atoms with Crippen molar-refractivity contribution >= 4 is 11.9 Å². The predicted molar refractivity (Wildman–Crippen MR) is 123 cm³/mol. The first-order valence-electron chi connectivity index (χ1n) is 11.2. The molecule has 1 aromatic carbocycles. The van der Waals surface area contributed by atoms with E-state index in [1.165, 1.54) is 5.56 Å². The number of aromatic nitrogens is 2. The molecule has 1 amide bonds. The molecule has 6 nitrogen and oxygen atoms in total. The van der Waals surface area contributed by atoms with E-state index >= 15 is 0 Å². The van der Waals surface area contributed by atoms with Gasteiger partial charge in [0.15, 0.2) is 0 Å². The smallest absolute Gasteiger partial charge is 0.225 e. The number of rotatable bonds is 9. The molecule has 1 saturated heterocycles. The van der Waals surface area contributed by atoms with E-state index in [2.05, 4.69) is 70.1 Å². The summed E-state index contributed by atoms with van der Waals surface area (Å²) in [6, 6.07) is 8.37. The number of nitrogens with one attached hydrogen (secondary N) is 1. The lowest BCUT2D eigenvalue weighted by Crippen LogP contribution is -2.41. The number of aryl methyl sites for hydroxylation is 1. The number of hydrogen-bond donors (Lipinski definition) is 1. The molecule has 0 bridgehead atoms. The summed E-state index contributed by atoms with van der Waals surface area (Å²) in [6.07, 6.45) is 6.50. The summed E-state index contributed by atoms with van der Waals surface area (Å²) in [6.45, 7) is 12.0. The number of amides is 1. The highest BCUT2D eigenvalue weighted by atomic mass is 16.1. The fourth-order valence-electron chi connectivity index (χ4n) is 4.00. The van der Waals surface area contributed by atoms with E-state index in [0.717, 1.165) is 75.6 Å². The first-order valence-corrected chi connectivity index (χ1v) is 11.2. The lowest BCUT2D eigenvalue weighted by atomic mass is 9.96.